The summed E-state index contributed by atoms with van der Waals surface area (Å²) in [6.07, 6.45) is 3.51. The van der Waals surface area contributed by atoms with Gasteiger partial charge in [0.15, 0.2) is 16.7 Å². The highest BCUT2D eigenvalue weighted by atomic mass is 32.2. The van der Waals surface area contributed by atoms with Crippen LogP contribution in [-0.4, -0.2) is 39.6 Å². The number of imidazole rings is 1. The molecule has 0 fully saturated rings. The summed E-state index contributed by atoms with van der Waals surface area (Å²) in [7, 11) is 5.02. The third-order valence-electron chi connectivity index (χ3n) is 3.91. The van der Waals surface area contributed by atoms with Gasteiger partial charge in [0.1, 0.15) is 22.4 Å². The van der Waals surface area contributed by atoms with Crippen LogP contribution in [0.3, 0.4) is 0 Å². The number of allylic oxidation sites excluding steroid dienone is 1. The van der Waals surface area contributed by atoms with Crippen molar-refractivity contribution in [3.05, 3.63) is 46.7 Å². The van der Waals surface area contributed by atoms with Crippen LogP contribution in [0.25, 0.3) is 16.8 Å². The molecule has 7 nitrogen and oxygen atoms in total. The molecule has 0 aliphatic carbocycles. The average molecular weight is 415 g/mol. The van der Waals surface area contributed by atoms with Crippen molar-refractivity contribution >= 4 is 28.7 Å². The van der Waals surface area contributed by atoms with Crippen molar-refractivity contribution in [1.82, 2.24) is 14.5 Å². The van der Waals surface area contributed by atoms with Crippen molar-refractivity contribution in [3.63, 3.8) is 0 Å². The van der Waals surface area contributed by atoms with Crippen LogP contribution in [0.15, 0.2) is 46.9 Å². The molecule has 0 unspecified atom stereocenters. The second-order valence-electron chi connectivity index (χ2n) is 5.65. The number of methoxy groups -OCH3 is 2. The topological polar surface area (TPSA) is 93.2 Å². The lowest BCUT2D eigenvalue weighted by molar-refractivity contribution is 0.355. The quantitative estimate of drug-likeness (QED) is 0.353. The molecule has 3 rings (SSSR count). The van der Waals surface area contributed by atoms with Gasteiger partial charge in [-0.3, -0.25) is 0 Å². The van der Waals surface area contributed by atoms with E-state index in [1.165, 1.54) is 23.1 Å². The summed E-state index contributed by atoms with van der Waals surface area (Å²) in [5.74, 6) is 1.44. The van der Waals surface area contributed by atoms with Crippen LogP contribution < -0.4 is 9.47 Å². The number of hydrogen-bond donors (Lipinski definition) is 1. The standard InChI is InChI=1S/C19H18N4O3S2/c1-23-7-6-21-19(23)28-11-15(24)13(9-20)18-22-14(10-27-18)12-4-5-16(25-2)17(8-12)26-3/h4-8,10,24H,11H2,1-3H3/b15-13+. The first-order chi connectivity index (χ1) is 13.6. The molecule has 0 bridgehead atoms. The van der Waals surface area contributed by atoms with Gasteiger partial charge in [-0.25, -0.2) is 9.97 Å². The maximum Gasteiger partial charge on any atom is 0.168 e. The SMILES string of the molecule is COc1ccc(-c2csc(/C(C#N)=C(/O)CSc3nccn3C)n2)cc1OC. The number of thioether (sulfide) groups is 1. The minimum absolute atomic E-state index is 0.0243. The average Bonchev–Trinajstić information content (AvgIpc) is 3.35. The smallest absolute Gasteiger partial charge is 0.168 e. The molecule has 0 aliphatic rings. The van der Waals surface area contributed by atoms with Crippen LogP contribution in [-0.2, 0) is 7.05 Å². The maximum atomic E-state index is 10.4. The molecule has 0 radical (unpaired) electrons. The minimum atomic E-state index is -0.0243. The van der Waals surface area contributed by atoms with Gasteiger partial charge in [0.25, 0.3) is 0 Å². The number of aryl methyl sites for hydroxylation is 1. The van der Waals surface area contributed by atoms with Gasteiger partial charge in [-0.05, 0) is 18.2 Å². The van der Waals surface area contributed by atoms with Crippen LogP contribution in [0.2, 0.25) is 0 Å². The zero-order valence-corrected chi connectivity index (χ0v) is 17.2. The Bertz CT molecular complexity index is 1050. The van der Waals surface area contributed by atoms with Gasteiger partial charge in [0.2, 0.25) is 0 Å². The van der Waals surface area contributed by atoms with E-state index in [1.54, 1.807) is 26.5 Å². The second kappa shape index (κ2) is 8.82. The summed E-state index contributed by atoms with van der Waals surface area (Å²) in [6, 6.07) is 7.55. The molecule has 0 saturated heterocycles. The molecule has 144 valence electrons. The number of aliphatic hydroxyl groups is 1. The zero-order chi connectivity index (χ0) is 20.1. The van der Waals surface area contributed by atoms with Crippen molar-refractivity contribution in [2.45, 2.75) is 5.16 Å². The Labute approximate surface area is 170 Å². The number of benzene rings is 1. The van der Waals surface area contributed by atoms with Gasteiger partial charge < -0.3 is 19.1 Å². The number of ether oxygens (including phenoxy) is 2. The van der Waals surface area contributed by atoms with Crippen molar-refractivity contribution < 1.29 is 14.6 Å². The van der Waals surface area contributed by atoms with Crippen LogP contribution >= 0.6 is 23.1 Å². The van der Waals surface area contributed by atoms with E-state index in [9.17, 15) is 10.4 Å². The molecular weight excluding hydrogens is 396 g/mol. The molecule has 0 aliphatic heterocycles. The third kappa shape index (κ3) is 4.13. The van der Waals surface area contributed by atoms with E-state index in [2.05, 4.69) is 16.0 Å². The van der Waals surface area contributed by atoms with Gasteiger partial charge in [-0.2, -0.15) is 5.26 Å². The Kier molecular flexibility index (Phi) is 6.23. The molecular formula is C19H18N4O3S2. The van der Waals surface area contributed by atoms with Gasteiger partial charge in [-0.15, -0.1) is 11.3 Å². The molecule has 0 spiro atoms. The van der Waals surface area contributed by atoms with E-state index in [-0.39, 0.29) is 17.1 Å². The summed E-state index contributed by atoms with van der Waals surface area (Å²) in [5, 5.41) is 23.0. The van der Waals surface area contributed by atoms with E-state index >= 15 is 0 Å². The maximum absolute atomic E-state index is 10.4. The first-order valence-corrected chi connectivity index (χ1v) is 10.0. The third-order valence-corrected chi connectivity index (χ3v) is 5.84. The highest BCUT2D eigenvalue weighted by molar-refractivity contribution is 7.99. The molecule has 0 atom stereocenters. The molecule has 2 heterocycles. The van der Waals surface area contributed by atoms with Crippen LogP contribution in [0.1, 0.15) is 5.01 Å². The summed E-state index contributed by atoms with van der Waals surface area (Å²) >= 11 is 2.65. The Morgan fingerprint density at radius 3 is 2.75 bits per heavy atom. The largest absolute Gasteiger partial charge is 0.510 e. The highest BCUT2D eigenvalue weighted by Gasteiger charge is 2.16. The summed E-state index contributed by atoms with van der Waals surface area (Å²) in [5.41, 5.74) is 1.69. The van der Waals surface area contributed by atoms with Crippen molar-refractivity contribution in [2.75, 3.05) is 20.0 Å². The van der Waals surface area contributed by atoms with Gasteiger partial charge in [-0.1, -0.05) is 11.8 Å². The Morgan fingerprint density at radius 1 is 1.32 bits per heavy atom. The lowest BCUT2D eigenvalue weighted by atomic mass is 10.1. The first kappa shape index (κ1) is 19.8. The van der Waals surface area contributed by atoms with Crippen molar-refractivity contribution in [3.8, 4) is 28.8 Å². The van der Waals surface area contributed by atoms with Crippen LogP contribution in [0.4, 0.5) is 0 Å². The van der Waals surface area contributed by atoms with E-state index < -0.39 is 0 Å². The number of aliphatic hydroxyl groups excluding tert-OH is 1. The van der Waals surface area contributed by atoms with Crippen LogP contribution in [0.5, 0.6) is 11.5 Å². The molecule has 0 saturated carbocycles. The fourth-order valence-electron chi connectivity index (χ4n) is 2.45. The van der Waals surface area contributed by atoms with E-state index in [4.69, 9.17) is 9.47 Å². The monoisotopic (exact) mass is 414 g/mol. The van der Waals surface area contributed by atoms with Crippen molar-refractivity contribution in [1.29, 1.82) is 5.26 Å². The molecule has 9 heteroatoms. The Morgan fingerprint density at radius 2 is 2.11 bits per heavy atom. The Hall–Kier alpha value is -2.96. The van der Waals surface area contributed by atoms with Gasteiger partial charge in [0, 0.05) is 30.4 Å². The summed E-state index contributed by atoms with van der Waals surface area (Å²) in [4.78, 5) is 8.71. The zero-order valence-electron chi connectivity index (χ0n) is 15.5. The van der Waals surface area contributed by atoms with Crippen molar-refractivity contribution in [2.24, 2.45) is 7.05 Å². The normalized spacial score (nSPS) is 11.6. The van der Waals surface area contributed by atoms with E-state index in [0.717, 1.165) is 10.7 Å². The first-order valence-electron chi connectivity index (χ1n) is 8.18. The lowest BCUT2D eigenvalue weighted by Crippen LogP contribution is -1.96. The van der Waals surface area contributed by atoms with Gasteiger partial charge in [0.05, 0.1) is 25.7 Å². The molecule has 2 aromatic heterocycles. The second-order valence-corrected chi connectivity index (χ2v) is 7.45. The molecule has 1 aromatic carbocycles. The summed E-state index contributed by atoms with van der Waals surface area (Å²) < 4.78 is 12.4. The van der Waals surface area contributed by atoms with Gasteiger partial charge >= 0.3 is 0 Å². The number of rotatable bonds is 7. The highest BCUT2D eigenvalue weighted by Crippen LogP contribution is 2.34. The molecule has 3 aromatic rings. The molecule has 1 N–H and O–H groups in total. The fraction of sp³-hybridized carbons (Fsp3) is 0.211. The number of aromatic nitrogens is 3. The predicted molar refractivity (Wildman–Crippen MR) is 110 cm³/mol. The Balaban J connectivity index is 1.84. The van der Waals surface area contributed by atoms with Crippen LogP contribution in [0, 0.1) is 11.3 Å². The number of nitriles is 1. The van der Waals surface area contributed by atoms with E-state index in [0.29, 0.717) is 22.2 Å². The lowest BCUT2D eigenvalue weighted by Gasteiger charge is -2.08. The number of thiazole rings is 1. The summed E-state index contributed by atoms with van der Waals surface area (Å²) in [6.45, 7) is 0. The minimum Gasteiger partial charge on any atom is -0.510 e. The van der Waals surface area contributed by atoms with E-state index in [1.807, 2.05) is 35.3 Å². The molecule has 28 heavy (non-hydrogen) atoms. The number of nitrogens with zero attached hydrogens (tertiary/aromatic N) is 4. The predicted octanol–water partition coefficient (Wildman–Crippen LogP) is 4.15. The molecule has 0 amide bonds. The number of hydrogen-bond acceptors (Lipinski definition) is 8. The fourth-order valence-corrected chi connectivity index (χ4v) is 4.10.